The number of rotatable bonds is 11. The Morgan fingerprint density at radius 3 is 1.41 bits per heavy atom. The zero-order chi connectivity index (χ0) is 26.9. The van der Waals surface area contributed by atoms with E-state index in [1.165, 1.54) is 39.8 Å². The van der Waals surface area contributed by atoms with E-state index in [2.05, 4.69) is 114 Å². The maximum absolute atomic E-state index is 10.4. The molecule has 39 heavy (non-hydrogen) atoms. The summed E-state index contributed by atoms with van der Waals surface area (Å²) in [5, 5.41) is 20.0. The van der Waals surface area contributed by atoms with Crippen molar-refractivity contribution in [1.82, 2.24) is 4.90 Å². The molecule has 0 aliphatic carbocycles. The van der Waals surface area contributed by atoms with Crippen LogP contribution in [-0.2, 0) is 12.8 Å². The summed E-state index contributed by atoms with van der Waals surface area (Å²) in [5.41, 5.74) is 7.72. The van der Waals surface area contributed by atoms with Gasteiger partial charge in [0.05, 0.1) is 12.7 Å². The lowest BCUT2D eigenvalue weighted by Crippen LogP contribution is -2.50. The third-order valence-corrected chi connectivity index (χ3v) is 8.30. The van der Waals surface area contributed by atoms with Gasteiger partial charge in [-0.1, -0.05) is 116 Å². The Morgan fingerprint density at radius 2 is 1.00 bits per heavy atom. The van der Waals surface area contributed by atoms with E-state index in [-0.39, 0.29) is 6.61 Å². The van der Waals surface area contributed by atoms with Gasteiger partial charge < -0.3 is 10.2 Å². The van der Waals surface area contributed by atoms with Gasteiger partial charge in [0.25, 0.3) is 0 Å². The lowest BCUT2D eigenvalue weighted by molar-refractivity contribution is 0.00214. The maximum atomic E-state index is 10.4. The molecule has 0 unspecified atom stereocenters. The van der Waals surface area contributed by atoms with Gasteiger partial charge in [-0.25, -0.2) is 0 Å². The molecule has 0 bridgehead atoms. The Bertz CT molecular complexity index is 1160. The van der Waals surface area contributed by atoms with Crippen LogP contribution in [0, 0.1) is 0 Å². The van der Waals surface area contributed by atoms with Crippen molar-refractivity contribution in [1.29, 1.82) is 0 Å². The van der Waals surface area contributed by atoms with Crippen molar-refractivity contribution >= 4 is 0 Å². The molecule has 4 aromatic rings. The highest BCUT2D eigenvalue weighted by Crippen LogP contribution is 2.30. The molecule has 0 radical (unpaired) electrons. The quantitative estimate of drug-likeness (QED) is 0.221. The van der Waals surface area contributed by atoms with Gasteiger partial charge in [-0.2, -0.15) is 0 Å². The normalized spacial score (nSPS) is 18.6. The monoisotopic (exact) mass is 519 g/mol. The Balaban J connectivity index is 1.20. The van der Waals surface area contributed by atoms with Crippen LogP contribution < -0.4 is 0 Å². The first-order valence-electron chi connectivity index (χ1n) is 14.5. The minimum Gasteiger partial charge on any atom is -0.394 e. The first-order chi connectivity index (χ1) is 19.2. The van der Waals surface area contributed by atoms with Gasteiger partial charge >= 0.3 is 0 Å². The number of hydrogen-bond acceptors (Lipinski definition) is 3. The molecular formula is C36H41NO2. The molecule has 1 heterocycles. The van der Waals surface area contributed by atoms with E-state index in [0.717, 1.165) is 38.5 Å². The van der Waals surface area contributed by atoms with Crippen molar-refractivity contribution in [2.45, 2.75) is 63.1 Å². The van der Waals surface area contributed by atoms with Crippen molar-refractivity contribution in [3.05, 3.63) is 120 Å². The molecule has 1 aliphatic heterocycles. The van der Waals surface area contributed by atoms with Gasteiger partial charge in [0.1, 0.15) is 0 Å². The van der Waals surface area contributed by atoms with Crippen LogP contribution >= 0.6 is 0 Å². The van der Waals surface area contributed by atoms with Crippen LogP contribution in [0.1, 0.15) is 43.2 Å². The van der Waals surface area contributed by atoms with E-state index in [1.807, 2.05) is 0 Å². The lowest BCUT2D eigenvalue weighted by atomic mass is 9.88. The summed E-state index contributed by atoms with van der Waals surface area (Å²) >= 11 is 0. The molecular weight excluding hydrogens is 478 g/mol. The van der Waals surface area contributed by atoms with E-state index in [9.17, 15) is 10.2 Å². The third-order valence-electron chi connectivity index (χ3n) is 8.30. The van der Waals surface area contributed by atoms with Crippen LogP contribution in [0.25, 0.3) is 22.3 Å². The van der Waals surface area contributed by atoms with Gasteiger partial charge in [0.15, 0.2) is 0 Å². The lowest BCUT2D eigenvalue weighted by Gasteiger charge is -2.43. The number of β-amino-alcohol motifs (C(OH)–C–C–N with tert-alkyl or cyclic N) is 1. The first-order valence-corrected chi connectivity index (χ1v) is 14.5. The molecule has 1 fully saturated rings. The topological polar surface area (TPSA) is 43.7 Å². The minimum absolute atomic E-state index is 0.183. The van der Waals surface area contributed by atoms with Crippen molar-refractivity contribution in [3.63, 3.8) is 0 Å². The Kier molecular flexibility index (Phi) is 9.61. The average Bonchev–Trinajstić information content (AvgIpc) is 3.01. The number of likely N-dealkylation sites (tertiary alicyclic amines) is 1. The zero-order valence-electron chi connectivity index (χ0n) is 22.8. The highest BCUT2D eigenvalue weighted by atomic mass is 16.3. The Hall–Kier alpha value is -3.24. The second kappa shape index (κ2) is 13.7. The average molecular weight is 520 g/mol. The number of hydrogen-bond donors (Lipinski definition) is 2. The van der Waals surface area contributed by atoms with Crippen LogP contribution in [0.15, 0.2) is 109 Å². The molecule has 2 N–H and O–H groups in total. The minimum atomic E-state index is -0.691. The summed E-state index contributed by atoms with van der Waals surface area (Å²) < 4.78 is 0. The van der Waals surface area contributed by atoms with Crippen molar-refractivity contribution < 1.29 is 10.2 Å². The number of aryl methyl sites for hydroxylation is 2. The molecule has 0 saturated carbocycles. The molecule has 0 spiro atoms. The predicted molar refractivity (Wildman–Crippen MR) is 162 cm³/mol. The number of piperidine rings is 1. The second-order valence-electron chi connectivity index (χ2n) is 11.0. The van der Waals surface area contributed by atoms with E-state index in [0.29, 0.717) is 18.6 Å². The van der Waals surface area contributed by atoms with Crippen molar-refractivity contribution in [2.75, 3.05) is 13.2 Å². The van der Waals surface area contributed by atoms with Gasteiger partial charge in [-0.05, 0) is 71.9 Å². The fourth-order valence-electron chi connectivity index (χ4n) is 6.09. The first kappa shape index (κ1) is 27.3. The van der Waals surface area contributed by atoms with Crippen LogP contribution in [0.2, 0.25) is 0 Å². The van der Waals surface area contributed by atoms with Gasteiger partial charge in [-0.15, -0.1) is 0 Å². The number of nitrogens with zero attached hydrogens (tertiary/aromatic N) is 1. The number of aliphatic hydroxyl groups excluding tert-OH is 2. The Labute approximate surface area is 233 Å². The SMILES string of the molecule is OC[C@H](O)CN1[C@@H](CCc2ccc(-c3ccccc3)cc2)CCC[C@H]1CCc1ccc(-c2ccccc2)cc1. The molecule has 0 amide bonds. The number of aliphatic hydroxyl groups is 2. The molecule has 1 aliphatic rings. The van der Waals surface area contributed by atoms with Crippen LogP contribution in [-0.4, -0.2) is 46.5 Å². The number of benzene rings is 4. The molecule has 202 valence electrons. The highest BCUT2D eigenvalue weighted by molar-refractivity contribution is 5.64. The van der Waals surface area contributed by atoms with E-state index in [1.54, 1.807) is 0 Å². The second-order valence-corrected chi connectivity index (χ2v) is 11.0. The largest absolute Gasteiger partial charge is 0.394 e. The van der Waals surface area contributed by atoms with Gasteiger partial charge in [0.2, 0.25) is 0 Å². The molecule has 5 rings (SSSR count). The van der Waals surface area contributed by atoms with Gasteiger partial charge in [0, 0.05) is 18.6 Å². The summed E-state index contributed by atoms with van der Waals surface area (Å²) in [6.45, 7) is 0.365. The van der Waals surface area contributed by atoms with Crippen LogP contribution in [0.4, 0.5) is 0 Å². The molecule has 1 saturated heterocycles. The maximum Gasteiger partial charge on any atom is 0.0897 e. The zero-order valence-corrected chi connectivity index (χ0v) is 22.8. The standard InChI is InChI=1S/C36H41NO2/c38-27-36(39)26-37-34(24-18-28-14-20-32(21-15-28)30-8-3-1-4-9-30)12-7-13-35(37)25-19-29-16-22-33(23-17-29)31-10-5-2-6-11-31/h1-6,8-11,14-17,20-23,34-36,38-39H,7,12-13,18-19,24-27H2/t34-,35+,36-/m1/s1. The van der Waals surface area contributed by atoms with Crippen LogP contribution in [0.3, 0.4) is 0 Å². The molecule has 0 aromatic heterocycles. The van der Waals surface area contributed by atoms with Crippen LogP contribution in [0.5, 0.6) is 0 Å². The third kappa shape index (κ3) is 7.45. The van der Waals surface area contributed by atoms with Gasteiger partial charge in [-0.3, -0.25) is 4.90 Å². The van der Waals surface area contributed by atoms with E-state index < -0.39 is 6.10 Å². The summed E-state index contributed by atoms with van der Waals surface area (Å²) in [6.07, 6.45) is 7.05. The highest BCUT2D eigenvalue weighted by Gasteiger charge is 2.31. The summed E-state index contributed by atoms with van der Waals surface area (Å²) in [5.74, 6) is 0. The predicted octanol–water partition coefficient (Wildman–Crippen LogP) is 7.16. The smallest absolute Gasteiger partial charge is 0.0897 e. The molecule has 3 atom stereocenters. The molecule has 4 aromatic carbocycles. The van der Waals surface area contributed by atoms with E-state index >= 15 is 0 Å². The van der Waals surface area contributed by atoms with Crippen molar-refractivity contribution in [3.8, 4) is 22.3 Å². The molecule has 3 heteroatoms. The summed E-state index contributed by atoms with van der Waals surface area (Å²) in [6, 6.07) is 39.8. The van der Waals surface area contributed by atoms with Crippen molar-refractivity contribution in [2.24, 2.45) is 0 Å². The summed E-state index contributed by atoms with van der Waals surface area (Å²) in [4.78, 5) is 2.51. The fraction of sp³-hybridized carbons (Fsp3) is 0.333. The van der Waals surface area contributed by atoms with E-state index in [4.69, 9.17) is 0 Å². The fourth-order valence-corrected chi connectivity index (χ4v) is 6.09. The molecule has 3 nitrogen and oxygen atoms in total. The summed E-state index contributed by atoms with van der Waals surface area (Å²) in [7, 11) is 0. The Morgan fingerprint density at radius 1 is 0.590 bits per heavy atom.